The number of anilines is 1. The molecule has 0 unspecified atom stereocenters. The Labute approximate surface area is 172 Å². The summed E-state index contributed by atoms with van der Waals surface area (Å²) in [6, 6.07) is 10.7. The van der Waals surface area contributed by atoms with Crippen molar-refractivity contribution >= 4 is 22.7 Å². The van der Waals surface area contributed by atoms with Crippen LogP contribution in [0.15, 0.2) is 48.6 Å². The molecule has 0 saturated heterocycles. The largest absolute Gasteiger partial charge is 0.322 e. The third-order valence-electron chi connectivity index (χ3n) is 5.46. The predicted octanol–water partition coefficient (Wildman–Crippen LogP) is 5.83. The molecule has 2 aromatic rings. The molecule has 1 aliphatic heterocycles. The van der Waals surface area contributed by atoms with Crippen LogP contribution in [0.2, 0.25) is 0 Å². The number of rotatable bonds is 6. The van der Waals surface area contributed by atoms with E-state index < -0.39 is 0 Å². The van der Waals surface area contributed by atoms with Crippen LogP contribution in [0.4, 0.5) is 10.1 Å². The minimum atomic E-state index is -0.351. The van der Waals surface area contributed by atoms with Crippen LogP contribution in [0.5, 0.6) is 0 Å². The highest BCUT2D eigenvalue weighted by Gasteiger charge is 2.15. The number of allylic oxidation sites excluding steroid dienone is 2. The SMILES string of the molecule is C/C=C(\CC)c1ccc(NC(=O)c2ccc(C3=CCNCC3)c(F)c2)cc1CC. The lowest BCUT2D eigenvalue weighted by molar-refractivity contribution is 0.102. The predicted molar refractivity (Wildman–Crippen MR) is 120 cm³/mol. The van der Waals surface area contributed by atoms with Gasteiger partial charge in [-0.15, -0.1) is 0 Å². The zero-order valence-electron chi connectivity index (χ0n) is 17.4. The molecular weight excluding hydrogens is 363 g/mol. The highest BCUT2D eigenvalue weighted by molar-refractivity contribution is 6.04. The van der Waals surface area contributed by atoms with E-state index in [1.54, 1.807) is 12.1 Å². The molecule has 0 atom stereocenters. The van der Waals surface area contributed by atoms with Crippen molar-refractivity contribution in [1.82, 2.24) is 5.32 Å². The third kappa shape index (κ3) is 4.83. The van der Waals surface area contributed by atoms with Crippen LogP contribution in [0, 0.1) is 5.82 Å². The number of nitrogens with one attached hydrogen (secondary N) is 2. The Balaban J connectivity index is 1.79. The molecule has 1 heterocycles. The van der Waals surface area contributed by atoms with Gasteiger partial charge in [0.1, 0.15) is 5.82 Å². The maximum atomic E-state index is 14.6. The van der Waals surface area contributed by atoms with Gasteiger partial charge in [-0.05, 0) is 79.3 Å². The van der Waals surface area contributed by atoms with Crippen molar-refractivity contribution in [2.24, 2.45) is 0 Å². The summed E-state index contributed by atoms with van der Waals surface area (Å²) in [5.74, 6) is -0.651. The fourth-order valence-corrected chi connectivity index (χ4v) is 3.81. The number of aryl methyl sites for hydroxylation is 1. The van der Waals surface area contributed by atoms with Crippen LogP contribution in [0.3, 0.4) is 0 Å². The van der Waals surface area contributed by atoms with Gasteiger partial charge in [0.15, 0.2) is 0 Å². The average molecular weight is 393 g/mol. The maximum absolute atomic E-state index is 14.6. The van der Waals surface area contributed by atoms with Crippen LogP contribution >= 0.6 is 0 Å². The van der Waals surface area contributed by atoms with Crippen LogP contribution in [0.1, 0.15) is 60.7 Å². The first-order valence-corrected chi connectivity index (χ1v) is 10.4. The van der Waals surface area contributed by atoms with Gasteiger partial charge < -0.3 is 10.6 Å². The first-order chi connectivity index (χ1) is 14.1. The van der Waals surface area contributed by atoms with E-state index in [2.05, 4.69) is 36.6 Å². The lowest BCUT2D eigenvalue weighted by Crippen LogP contribution is -2.20. The summed E-state index contributed by atoms with van der Waals surface area (Å²) >= 11 is 0. The van der Waals surface area contributed by atoms with Crippen LogP contribution in [-0.4, -0.2) is 19.0 Å². The molecule has 2 N–H and O–H groups in total. The Bertz CT molecular complexity index is 959. The summed E-state index contributed by atoms with van der Waals surface area (Å²) in [6.07, 6.45) is 6.78. The summed E-state index contributed by atoms with van der Waals surface area (Å²) in [4.78, 5) is 12.7. The summed E-state index contributed by atoms with van der Waals surface area (Å²) in [5.41, 5.74) is 6.34. The van der Waals surface area contributed by atoms with Gasteiger partial charge in [0, 0.05) is 23.4 Å². The lowest BCUT2D eigenvalue weighted by Gasteiger charge is -2.16. The zero-order chi connectivity index (χ0) is 20.8. The number of hydrogen-bond acceptors (Lipinski definition) is 2. The van der Waals surface area contributed by atoms with E-state index in [1.807, 2.05) is 25.1 Å². The quantitative estimate of drug-likeness (QED) is 0.649. The lowest BCUT2D eigenvalue weighted by atomic mass is 9.95. The van der Waals surface area contributed by atoms with Crippen molar-refractivity contribution in [3.8, 4) is 0 Å². The monoisotopic (exact) mass is 392 g/mol. The minimum absolute atomic E-state index is 0.300. The van der Waals surface area contributed by atoms with E-state index in [0.717, 1.165) is 43.6 Å². The van der Waals surface area contributed by atoms with Crippen molar-refractivity contribution in [3.63, 3.8) is 0 Å². The number of halogens is 1. The van der Waals surface area contributed by atoms with Crippen LogP contribution < -0.4 is 10.6 Å². The van der Waals surface area contributed by atoms with Crippen molar-refractivity contribution < 1.29 is 9.18 Å². The molecule has 0 saturated carbocycles. The molecule has 0 bridgehead atoms. The summed E-state index contributed by atoms with van der Waals surface area (Å²) in [5, 5.41) is 6.13. The molecule has 0 spiro atoms. The fourth-order valence-electron chi connectivity index (χ4n) is 3.81. The van der Waals surface area contributed by atoms with Crippen LogP contribution in [-0.2, 0) is 6.42 Å². The average Bonchev–Trinajstić information content (AvgIpc) is 2.75. The van der Waals surface area contributed by atoms with Gasteiger partial charge in [0.25, 0.3) is 5.91 Å². The Morgan fingerprint density at radius 3 is 2.66 bits per heavy atom. The molecule has 3 nitrogen and oxygen atoms in total. The number of benzene rings is 2. The molecular formula is C25H29FN2O. The minimum Gasteiger partial charge on any atom is -0.322 e. The topological polar surface area (TPSA) is 41.1 Å². The number of carbonyl (C=O) groups excluding carboxylic acids is 1. The van der Waals surface area contributed by atoms with E-state index in [4.69, 9.17) is 0 Å². The van der Waals surface area contributed by atoms with Gasteiger partial charge in [-0.1, -0.05) is 38.1 Å². The van der Waals surface area contributed by atoms with Gasteiger partial charge in [-0.2, -0.15) is 0 Å². The van der Waals surface area contributed by atoms with E-state index in [-0.39, 0.29) is 11.7 Å². The zero-order valence-corrected chi connectivity index (χ0v) is 17.4. The van der Waals surface area contributed by atoms with Gasteiger partial charge >= 0.3 is 0 Å². The maximum Gasteiger partial charge on any atom is 0.255 e. The van der Waals surface area contributed by atoms with E-state index in [1.165, 1.54) is 22.8 Å². The second kappa shape index (κ2) is 9.66. The number of carbonyl (C=O) groups is 1. The normalized spacial score (nSPS) is 14.5. The summed E-state index contributed by atoms with van der Waals surface area (Å²) in [6.45, 7) is 7.89. The molecule has 0 aliphatic carbocycles. The van der Waals surface area contributed by atoms with Crippen molar-refractivity contribution in [2.75, 3.05) is 18.4 Å². The summed E-state index contributed by atoms with van der Waals surface area (Å²) < 4.78 is 14.6. The molecule has 0 fully saturated rings. The highest BCUT2D eigenvalue weighted by Crippen LogP contribution is 2.27. The number of hydrogen-bond donors (Lipinski definition) is 2. The Morgan fingerprint density at radius 1 is 1.21 bits per heavy atom. The highest BCUT2D eigenvalue weighted by atomic mass is 19.1. The van der Waals surface area contributed by atoms with Gasteiger partial charge in [-0.25, -0.2) is 4.39 Å². The molecule has 1 amide bonds. The molecule has 3 rings (SSSR count). The Hall–Kier alpha value is -2.72. The van der Waals surface area contributed by atoms with Gasteiger partial charge in [-0.3, -0.25) is 4.79 Å². The van der Waals surface area contributed by atoms with Crippen molar-refractivity contribution in [1.29, 1.82) is 0 Å². The molecule has 29 heavy (non-hydrogen) atoms. The standard InChI is InChI=1S/C25H29FN2O/c1-4-17(5-2)22-10-8-21(15-18(22)6-3)28-25(29)20-7-9-23(24(26)16-20)19-11-13-27-14-12-19/h4,7-11,15-16,27H,5-6,12-14H2,1-3H3,(H,28,29)/b17-4+. The van der Waals surface area contributed by atoms with Crippen LogP contribution in [0.25, 0.3) is 11.1 Å². The molecule has 0 aromatic heterocycles. The first-order valence-electron chi connectivity index (χ1n) is 10.4. The number of amides is 1. The molecule has 2 aromatic carbocycles. The Kier molecular flexibility index (Phi) is 6.99. The molecule has 4 heteroatoms. The molecule has 0 radical (unpaired) electrons. The second-order valence-corrected chi connectivity index (χ2v) is 7.23. The fraction of sp³-hybridized carbons (Fsp3) is 0.320. The van der Waals surface area contributed by atoms with Crippen molar-refractivity contribution in [2.45, 2.75) is 40.0 Å². The first kappa shape index (κ1) is 21.0. The van der Waals surface area contributed by atoms with Crippen molar-refractivity contribution in [3.05, 3.63) is 76.6 Å². The summed E-state index contributed by atoms with van der Waals surface area (Å²) in [7, 11) is 0. The molecule has 152 valence electrons. The third-order valence-corrected chi connectivity index (χ3v) is 5.46. The Morgan fingerprint density at radius 2 is 2.03 bits per heavy atom. The van der Waals surface area contributed by atoms with Gasteiger partial charge in [0.05, 0.1) is 0 Å². The van der Waals surface area contributed by atoms with Gasteiger partial charge in [0.2, 0.25) is 0 Å². The molecule has 1 aliphatic rings. The van der Waals surface area contributed by atoms with E-state index in [0.29, 0.717) is 11.1 Å². The van der Waals surface area contributed by atoms with E-state index in [9.17, 15) is 9.18 Å². The van der Waals surface area contributed by atoms with E-state index >= 15 is 0 Å². The second-order valence-electron chi connectivity index (χ2n) is 7.23. The smallest absolute Gasteiger partial charge is 0.255 e.